The molecule has 0 radical (unpaired) electrons. The molecule has 1 saturated carbocycles. The summed E-state index contributed by atoms with van der Waals surface area (Å²) >= 11 is 0. The summed E-state index contributed by atoms with van der Waals surface area (Å²) in [5, 5.41) is 3.29. The van der Waals surface area contributed by atoms with Crippen LogP contribution in [0, 0.1) is 11.8 Å². The van der Waals surface area contributed by atoms with Gasteiger partial charge < -0.3 is 11.1 Å². The highest BCUT2D eigenvalue weighted by Crippen LogP contribution is 2.36. The first-order valence-corrected chi connectivity index (χ1v) is 3.82. The summed E-state index contributed by atoms with van der Waals surface area (Å²) in [6.45, 7) is 0.998. The van der Waals surface area contributed by atoms with Crippen molar-refractivity contribution in [1.82, 2.24) is 5.32 Å². The normalized spacial score (nSPS) is 44.2. The summed E-state index contributed by atoms with van der Waals surface area (Å²) in [7, 11) is 0. The fourth-order valence-electron chi connectivity index (χ4n) is 2.27. The SMILES string of the molecule is NC(=O)C1C2CCC1NC2. The van der Waals surface area contributed by atoms with Crippen LogP contribution in [0.1, 0.15) is 12.8 Å². The zero-order chi connectivity index (χ0) is 7.14. The van der Waals surface area contributed by atoms with Gasteiger partial charge in [-0.1, -0.05) is 0 Å². The molecule has 3 nitrogen and oxygen atoms in total. The van der Waals surface area contributed by atoms with Gasteiger partial charge in [-0.2, -0.15) is 0 Å². The van der Waals surface area contributed by atoms with Crippen LogP contribution in [0.4, 0.5) is 0 Å². The highest BCUT2D eigenvalue weighted by Gasteiger charge is 2.44. The Balaban J connectivity index is 2.16. The van der Waals surface area contributed by atoms with E-state index in [9.17, 15) is 4.79 Å². The molecule has 10 heavy (non-hydrogen) atoms. The molecule has 1 amide bonds. The van der Waals surface area contributed by atoms with Gasteiger partial charge in [0.05, 0.1) is 5.92 Å². The van der Waals surface area contributed by atoms with E-state index in [1.54, 1.807) is 0 Å². The van der Waals surface area contributed by atoms with E-state index in [1.165, 1.54) is 6.42 Å². The van der Waals surface area contributed by atoms with Crippen LogP contribution in [0.3, 0.4) is 0 Å². The Morgan fingerprint density at radius 1 is 1.50 bits per heavy atom. The summed E-state index contributed by atoms with van der Waals surface area (Å²) < 4.78 is 0. The lowest BCUT2D eigenvalue weighted by molar-refractivity contribution is -0.122. The highest BCUT2D eigenvalue weighted by molar-refractivity contribution is 5.78. The van der Waals surface area contributed by atoms with Crippen LogP contribution in [0.25, 0.3) is 0 Å². The highest BCUT2D eigenvalue weighted by atomic mass is 16.1. The fourth-order valence-corrected chi connectivity index (χ4v) is 2.27. The Kier molecular flexibility index (Phi) is 1.20. The molecule has 2 fully saturated rings. The van der Waals surface area contributed by atoms with Crippen molar-refractivity contribution in [3.8, 4) is 0 Å². The van der Waals surface area contributed by atoms with Gasteiger partial charge in [-0.3, -0.25) is 4.79 Å². The van der Waals surface area contributed by atoms with E-state index in [0.717, 1.165) is 13.0 Å². The molecule has 2 bridgehead atoms. The Bertz CT molecular complexity index is 149. The van der Waals surface area contributed by atoms with Crippen molar-refractivity contribution in [3.05, 3.63) is 0 Å². The number of primary amides is 1. The van der Waals surface area contributed by atoms with Crippen molar-refractivity contribution in [3.63, 3.8) is 0 Å². The van der Waals surface area contributed by atoms with E-state index in [0.29, 0.717) is 12.0 Å². The summed E-state index contributed by atoms with van der Waals surface area (Å²) in [5.41, 5.74) is 5.24. The molecule has 0 aromatic heterocycles. The average molecular weight is 140 g/mol. The number of piperidine rings is 1. The standard InChI is InChI=1S/C7H12N2O/c8-7(10)6-4-1-2-5(6)9-3-4/h4-6,9H,1-3H2,(H2,8,10). The van der Waals surface area contributed by atoms with E-state index in [2.05, 4.69) is 5.32 Å². The van der Waals surface area contributed by atoms with Gasteiger partial charge in [0, 0.05) is 6.04 Å². The van der Waals surface area contributed by atoms with Gasteiger partial charge >= 0.3 is 0 Å². The lowest BCUT2D eigenvalue weighted by atomic mass is 9.98. The average Bonchev–Trinajstić information content (AvgIpc) is 2.43. The van der Waals surface area contributed by atoms with Gasteiger partial charge in [0.2, 0.25) is 5.91 Å². The minimum absolute atomic E-state index is 0.113. The summed E-state index contributed by atoms with van der Waals surface area (Å²) in [5.74, 6) is 0.569. The first kappa shape index (κ1) is 6.16. The zero-order valence-electron chi connectivity index (χ0n) is 5.84. The maximum Gasteiger partial charge on any atom is 0.222 e. The molecule has 0 spiro atoms. The van der Waals surface area contributed by atoms with Gasteiger partial charge in [0.1, 0.15) is 0 Å². The molecule has 3 heteroatoms. The summed E-state index contributed by atoms with van der Waals surface area (Å²) in [6, 6.07) is 0.405. The van der Waals surface area contributed by atoms with Crippen LogP contribution in [0.2, 0.25) is 0 Å². The van der Waals surface area contributed by atoms with Gasteiger partial charge in [-0.05, 0) is 25.3 Å². The van der Waals surface area contributed by atoms with Gasteiger partial charge in [0.15, 0.2) is 0 Å². The number of nitrogens with two attached hydrogens (primary N) is 1. The number of amides is 1. The third-order valence-corrected chi connectivity index (χ3v) is 2.76. The van der Waals surface area contributed by atoms with Crippen molar-refractivity contribution >= 4 is 5.91 Å². The third-order valence-electron chi connectivity index (χ3n) is 2.76. The van der Waals surface area contributed by atoms with Gasteiger partial charge in [-0.15, -0.1) is 0 Å². The molecule has 1 saturated heterocycles. The topological polar surface area (TPSA) is 55.1 Å². The monoisotopic (exact) mass is 140 g/mol. The number of hydrogen-bond donors (Lipinski definition) is 2. The number of rotatable bonds is 1. The molecule has 2 rings (SSSR count). The van der Waals surface area contributed by atoms with Crippen LogP contribution in [-0.4, -0.2) is 18.5 Å². The maximum atomic E-state index is 10.8. The van der Waals surface area contributed by atoms with Gasteiger partial charge in [-0.25, -0.2) is 0 Å². The van der Waals surface area contributed by atoms with E-state index in [-0.39, 0.29) is 11.8 Å². The molecular weight excluding hydrogens is 128 g/mol. The molecular formula is C7H12N2O. The molecule has 3 atom stereocenters. The Morgan fingerprint density at radius 2 is 2.30 bits per heavy atom. The van der Waals surface area contributed by atoms with Crippen molar-refractivity contribution in [1.29, 1.82) is 0 Å². The molecule has 1 aliphatic carbocycles. The first-order chi connectivity index (χ1) is 4.79. The number of fused-ring (bicyclic) bond motifs is 2. The second-order valence-corrected chi connectivity index (χ2v) is 3.28. The number of carbonyl (C=O) groups excluding carboxylic acids is 1. The summed E-state index contributed by atoms with van der Waals surface area (Å²) in [6.07, 6.45) is 2.32. The minimum atomic E-state index is -0.113. The Labute approximate surface area is 60.0 Å². The largest absolute Gasteiger partial charge is 0.369 e. The van der Waals surface area contributed by atoms with Crippen LogP contribution in [0.15, 0.2) is 0 Å². The van der Waals surface area contributed by atoms with Crippen LogP contribution >= 0.6 is 0 Å². The zero-order valence-corrected chi connectivity index (χ0v) is 5.84. The predicted octanol–water partition coefficient (Wildman–Crippen LogP) is -0.530. The minimum Gasteiger partial charge on any atom is -0.369 e. The molecule has 0 aromatic rings. The van der Waals surface area contributed by atoms with Crippen molar-refractivity contribution in [2.24, 2.45) is 17.6 Å². The molecule has 1 heterocycles. The van der Waals surface area contributed by atoms with Crippen LogP contribution in [0.5, 0.6) is 0 Å². The number of carbonyl (C=O) groups is 1. The molecule has 3 N–H and O–H groups in total. The van der Waals surface area contributed by atoms with Gasteiger partial charge in [0.25, 0.3) is 0 Å². The van der Waals surface area contributed by atoms with Crippen molar-refractivity contribution < 1.29 is 4.79 Å². The van der Waals surface area contributed by atoms with E-state index < -0.39 is 0 Å². The Hall–Kier alpha value is -0.570. The second-order valence-electron chi connectivity index (χ2n) is 3.28. The smallest absolute Gasteiger partial charge is 0.222 e. The van der Waals surface area contributed by atoms with E-state index >= 15 is 0 Å². The molecule has 0 aromatic carbocycles. The number of nitrogens with one attached hydrogen (secondary N) is 1. The fraction of sp³-hybridized carbons (Fsp3) is 0.857. The van der Waals surface area contributed by atoms with Crippen molar-refractivity contribution in [2.75, 3.05) is 6.54 Å². The van der Waals surface area contributed by atoms with Crippen LogP contribution < -0.4 is 11.1 Å². The first-order valence-electron chi connectivity index (χ1n) is 3.82. The van der Waals surface area contributed by atoms with E-state index in [1.807, 2.05) is 0 Å². The van der Waals surface area contributed by atoms with Crippen molar-refractivity contribution in [2.45, 2.75) is 18.9 Å². The van der Waals surface area contributed by atoms with Crippen LogP contribution in [-0.2, 0) is 4.79 Å². The third kappa shape index (κ3) is 0.669. The lowest BCUT2D eigenvalue weighted by Crippen LogP contribution is -2.32. The molecule has 56 valence electrons. The second kappa shape index (κ2) is 1.95. The molecule has 2 aliphatic rings. The summed E-state index contributed by atoms with van der Waals surface area (Å²) in [4.78, 5) is 10.8. The predicted molar refractivity (Wildman–Crippen MR) is 37.2 cm³/mol. The van der Waals surface area contributed by atoms with E-state index in [4.69, 9.17) is 5.73 Å². The molecule has 1 aliphatic heterocycles. The quantitative estimate of drug-likeness (QED) is 0.514. The molecule has 3 unspecified atom stereocenters. The maximum absolute atomic E-state index is 10.8. The lowest BCUT2D eigenvalue weighted by Gasteiger charge is -2.08. The Morgan fingerprint density at radius 3 is 2.50 bits per heavy atom. The number of hydrogen-bond acceptors (Lipinski definition) is 2.